The molecule has 2 N–H and O–H groups in total. The fraction of sp³-hybridized carbons (Fsp3) is 0.231. The van der Waals surface area contributed by atoms with Gasteiger partial charge >= 0.3 is 11.9 Å². The predicted octanol–water partition coefficient (Wildman–Crippen LogP) is 4.33. The highest BCUT2D eigenvalue weighted by Crippen LogP contribution is 2.40. The zero-order chi connectivity index (χ0) is 25.4. The average Bonchev–Trinajstić information content (AvgIpc) is 3.17. The smallest absolute Gasteiger partial charge is 0.341 e. The second-order valence-corrected chi connectivity index (χ2v) is 8.78. The van der Waals surface area contributed by atoms with Gasteiger partial charge in [0.05, 0.1) is 12.2 Å². The molecule has 9 heteroatoms. The largest absolute Gasteiger partial charge is 0.462 e. The van der Waals surface area contributed by atoms with Crippen molar-refractivity contribution in [2.24, 2.45) is 0 Å². The molecule has 0 atom stereocenters. The Balaban J connectivity index is 1.69. The lowest BCUT2D eigenvalue weighted by Crippen LogP contribution is -2.22. The van der Waals surface area contributed by atoms with Crippen LogP contribution in [0.15, 0.2) is 54.6 Å². The van der Waals surface area contributed by atoms with E-state index in [1.165, 1.54) is 18.3 Å². The van der Waals surface area contributed by atoms with Gasteiger partial charge in [0.25, 0.3) is 5.91 Å². The lowest BCUT2D eigenvalue weighted by Gasteiger charge is -2.10. The Morgan fingerprint density at radius 2 is 1.60 bits per heavy atom. The molecule has 2 aromatic carbocycles. The molecule has 0 aliphatic rings. The summed E-state index contributed by atoms with van der Waals surface area (Å²) in [5.41, 5.74) is 2.90. The normalized spacial score (nSPS) is 10.4. The Morgan fingerprint density at radius 1 is 0.914 bits per heavy atom. The van der Waals surface area contributed by atoms with E-state index in [1.54, 1.807) is 31.2 Å². The summed E-state index contributed by atoms with van der Waals surface area (Å²) >= 11 is 1.25. The van der Waals surface area contributed by atoms with Gasteiger partial charge in [0, 0.05) is 23.9 Å². The maximum Gasteiger partial charge on any atom is 0.341 e. The molecule has 0 radical (unpaired) electrons. The van der Waals surface area contributed by atoms with Crippen molar-refractivity contribution in [3.8, 4) is 11.1 Å². The summed E-state index contributed by atoms with van der Waals surface area (Å²) in [5, 5.41) is 5.69. The van der Waals surface area contributed by atoms with E-state index in [4.69, 9.17) is 9.47 Å². The van der Waals surface area contributed by atoms with Gasteiger partial charge in [-0.1, -0.05) is 42.5 Å². The van der Waals surface area contributed by atoms with Gasteiger partial charge in [0.2, 0.25) is 5.91 Å². The van der Waals surface area contributed by atoms with Crippen LogP contribution < -0.4 is 10.6 Å². The lowest BCUT2D eigenvalue weighted by atomic mass is 10.0. The van der Waals surface area contributed by atoms with E-state index in [9.17, 15) is 19.2 Å². The average molecular weight is 495 g/mol. The fourth-order valence-corrected chi connectivity index (χ4v) is 4.43. The molecule has 3 aromatic rings. The van der Waals surface area contributed by atoms with E-state index in [0.29, 0.717) is 17.1 Å². The Labute approximate surface area is 207 Å². The van der Waals surface area contributed by atoms with Crippen molar-refractivity contribution in [2.75, 3.05) is 18.5 Å². The highest BCUT2D eigenvalue weighted by atomic mass is 32.1. The molecule has 182 valence electrons. The zero-order valence-corrected chi connectivity index (χ0v) is 20.5. The van der Waals surface area contributed by atoms with Gasteiger partial charge in [-0.25, -0.2) is 9.59 Å². The summed E-state index contributed by atoms with van der Waals surface area (Å²) in [5.74, 6) is -1.93. The first kappa shape index (κ1) is 25.6. The van der Waals surface area contributed by atoms with Crippen molar-refractivity contribution >= 4 is 40.1 Å². The fourth-order valence-electron chi connectivity index (χ4n) is 3.35. The molecule has 3 rings (SSSR count). The summed E-state index contributed by atoms with van der Waals surface area (Å²) in [7, 11) is 0. The third-order valence-corrected chi connectivity index (χ3v) is 5.97. The number of carbonyl (C=O) groups is 4. The number of nitrogens with one attached hydrogen (secondary N) is 2. The third kappa shape index (κ3) is 6.77. The number of amides is 2. The molecule has 0 saturated heterocycles. The van der Waals surface area contributed by atoms with Gasteiger partial charge in [-0.2, -0.15) is 0 Å². The molecule has 0 aliphatic heterocycles. The SMILES string of the molecule is CCOC(=O)c1c(NC(=O)COC(=O)c2ccc(CNC(C)=O)cc2)sc(C)c1-c1ccccc1. The molecule has 8 nitrogen and oxygen atoms in total. The number of aryl methyl sites for hydroxylation is 1. The van der Waals surface area contributed by atoms with Gasteiger partial charge in [0.1, 0.15) is 10.6 Å². The molecule has 35 heavy (non-hydrogen) atoms. The van der Waals surface area contributed by atoms with Crippen molar-refractivity contribution in [3.05, 3.63) is 76.2 Å². The van der Waals surface area contributed by atoms with Crippen LogP contribution in [0.1, 0.15) is 45.0 Å². The minimum absolute atomic E-state index is 0.151. The van der Waals surface area contributed by atoms with Crippen molar-refractivity contribution in [1.82, 2.24) is 5.32 Å². The Hall–Kier alpha value is -3.98. The second-order valence-electron chi connectivity index (χ2n) is 7.55. The number of hydrogen-bond donors (Lipinski definition) is 2. The Bertz CT molecular complexity index is 1220. The van der Waals surface area contributed by atoms with Gasteiger partial charge in [-0.3, -0.25) is 9.59 Å². The number of rotatable bonds is 9. The highest BCUT2D eigenvalue weighted by molar-refractivity contribution is 7.17. The van der Waals surface area contributed by atoms with E-state index < -0.39 is 24.5 Å². The van der Waals surface area contributed by atoms with Crippen LogP contribution in [0.4, 0.5) is 5.00 Å². The zero-order valence-electron chi connectivity index (χ0n) is 19.7. The van der Waals surface area contributed by atoms with Crippen LogP contribution in [0, 0.1) is 6.92 Å². The number of benzene rings is 2. The first-order valence-electron chi connectivity index (χ1n) is 11.0. The van der Waals surface area contributed by atoms with E-state index in [0.717, 1.165) is 16.0 Å². The van der Waals surface area contributed by atoms with Crippen LogP contribution in [-0.4, -0.2) is 37.0 Å². The van der Waals surface area contributed by atoms with E-state index in [1.807, 2.05) is 37.3 Å². The minimum atomic E-state index is -0.663. The molecule has 0 spiro atoms. The summed E-state index contributed by atoms with van der Waals surface area (Å²) < 4.78 is 10.4. The molecule has 1 aromatic heterocycles. The molecule has 0 fully saturated rings. The van der Waals surface area contributed by atoms with Crippen LogP contribution >= 0.6 is 11.3 Å². The first-order chi connectivity index (χ1) is 16.8. The number of carbonyl (C=O) groups excluding carboxylic acids is 4. The van der Waals surface area contributed by atoms with Crippen LogP contribution in [0.2, 0.25) is 0 Å². The third-order valence-electron chi connectivity index (χ3n) is 4.94. The number of esters is 2. The van der Waals surface area contributed by atoms with Crippen molar-refractivity contribution in [1.29, 1.82) is 0 Å². The Kier molecular flexibility index (Phi) is 8.74. The number of hydrogen-bond acceptors (Lipinski definition) is 7. The van der Waals surface area contributed by atoms with E-state index in [-0.39, 0.29) is 23.6 Å². The number of thiophene rings is 1. The molecule has 2 amide bonds. The second kappa shape index (κ2) is 11.9. The van der Waals surface area contributed by atoms with Crippen molar-refractivity contribution < 1.29 is 28.7 Å². The van der Waals surface area contributed by atoms with Crippen LogP contribution in [0.25, 0.3) is 11.1 Å². The maximum atomic E-state index is 12.7. The summed E-state index contributed by atoms with van der Waals surface area (Å²) in [4.78, 5) is 49.5. The van der Waals surface area contributed by atoms with E-state index in [2.05, 4.69) is 10.6 Å². The molecule has 0 aliphatic carbocycles. The standard InChI is InChI=1S/C26H26N2O6S/c1-4-33-26(32)23-22(19-8-6-5-7-9-19)16(2)35-24(23)28-21(30)15-34-25(31)20-12-10-18(11-13-20)14-27-17(3)29/h5-13H,4,14-15H2,1-3H3,(H,27,29)(H,28,30). The quantitative estimate of drug-likeness (QED) is 0.429. The molecule has 0 unspecified atom stereocenters. The number of anilines is 1. The molecule has 0 saturated carbocycles. The predicted molar refractivity (Wildman–Crippen MR) is 133 cm³/mol. The van der Waals surface area contributed by atoms with Gasteiger partial charge < -0.3 is 20.1 Å². The van der Waals surface area contributed by atoms with Crippen LogP contribution in [0.5, 0.6) is 0 Å². The number of ether oxygens (including phenoxy) is 2. The minimum Gasteiger partial charge on any atom is -0.462 e. The molecular formula is C26H26N2O6S. The summed E-state index contributed by atoms with van der Waals surface area (Å²) in [6.45, 7) is 5.01. The van der Waals surface area contributed by atoms with Crippen LogP contribution in [-0.2, 0) is 25.6 Å². The lowest BCUT2D eigenvalue weighted by molar-refractivity contribution is -0.119. The maximum absolute atomic E-state index is 12.7. The van der Waals surface area contributed by atoms with Gasteiger partial charge in [-0.15, -0.1) is 11.3 Å². The van der Waals surface area contributed by atoms with Crippen molar-refractivity contribution in [3.63, 3.8) is 0 Å². The van der Waals surface area contributed by atoms with Crippen LogP contribution in [0.3, 0.4) is 0 Å². The van der Waals surface area contributed by atoms with Gasteiger partial charge in [0.15, 0.2) is 6.61 Å². The topological polar surface area (TPSA) is 111 Å². The summed E-state index contributed by atoms with van der Waals surface area (Å²) in [6.07, 6.45) is 0. The monoisotopic (exact) mass is 494 g/mol. The highest BCUT2D eigenvalue weighted by Gasteiger charge is 2.25. The molecular weight excluding hydrogens is 468 g/mol. The van der Waals surface area contributed by atoms with E-state index >= 15 is 0 Å². The summed E-state index contributed by atoms with van der Waals surface area (Å²) in [6, 6.07) is 15.9. The molecule has 1 heterocycles. The first-order valence-corrected chi connectivity index (χ1v) is 11.8. The van der Waals surface area contributed by atoms with Gasteiger partial charge in [-0.05, 0) is 37.1 Å². The van der Waals surface area contributed by atoms with Crippen molar-refractivity contribution in [2.45, 2.75) is 27.3 Å². The molecule has 0 bridgehead atoms. The Morgan fingerprint density at radius 3 is 2.23 bits per heavy atom.